The first-order valence-electron chi connectivity index (χ1n) is 9.45. The average Bonchev–Trinajstić information content (AvgIpc) is 3.35. The Morgan fingerprint density at radius 1 is 1.25 bits per heavy atom. The molecule has 1 aromatic carbocycles. The molecular formula is C21H24N4O2S. The Hall–Kier alpha value is -2.67. The Bertz CT molecular complexity index is 986. The molecular weight excluding hydrogens is 372 g/mol. The first-order chi connectivity index (χ1) is 13.6. The van der Waals surface area contributed by atoms with Gasteiger partial charge in [-0.05, 0) is 31.9 Å². The number of carbonyl (C=O) groups excluding carboxylic acids is 1. The molecule has 0 N–H and O–H groups in total. The highest BCUT2D eigenvalue weighted by Crippen LogP contribution is 2.35. The summed E-state index contributed by atoms with van der Waals surface area (Å²) in [5.74, 6) is 1.32. The summed E-state index contributed by atoms with van der Waals surface area (Å²) in [6.07, 6.45) is 3.54. The fourth-order valence-corrected chi connectivity index (χ4v) is 4.65. The van der Waals surface area contributed by atoms with Crippen molar-refractivity contribution in [3.63, 3.8) is 0 Å². The number of hydrogen-bond donors (Lipinski definition) is 0. The topological polar surface area (TPSA) is 60.2 Å². The largest absolute Gasteiger partial charge is 0.496 e. The average molecular weight is 397 g/mol. The van der Waals surface area contributed by atoms with Crippen LogP contribution in [-0.2, 0) is 7.05 Å². The fourth-order valence-electron chi connectivity index (χ4n) is 3.66. The van der Waals surface area contributed by atoms with Gasteiger partial charge in [0.05, 0.1) is 29.6 Å². The molecule has 0 saturated carbocycles. The third kappa shape index (κ3) is 3.42. The SMILES string of the molecule is COc1ccccc1-c1csc(C2CCN(C(=O)c3cnn(C)c3C)CC2)n1. The predicted octanol–water partition coefficient (Wildman–Crippen LogP) is 3.88. The number of piperidine rings is 1. The first-order valence-corrected chi connectivity index (χ1v) is 10.3. The van der Waals surface area contributed by atoms with Crippen LogP contribution in [0.4, 0.5) is 0 Å². The monoisotopic (exact) mass is 396 g/mol. The maximum atomic E-state index is 12.8. The van der Waals surface area contributed by atoms with Gasteiger partial charge in [0, 0.05) is 42.7 Å². The van der Waals surface area contributed by atoms with Crippen molar-refractivity contribution in [3.05, 3.63) is 52.1 Å². The Morgan fingerprint density at radius 3 is 2.68 bits per heavy atom. The van der Waals surface area contributed by atoms with Crippen LogP contribution >= 0.6 is 11.3 Å². The van der Waals surface area contributed by atoms with Crippen LogP contribution in [0.3, 0.4) is 0 Å². The van der Waals surface area contributed by atoms with Crippen LogP contribution in [0.15, 0.2) is 35.8 Å². The van der Waals surface area contributed by atoms with Gasteiger partial charge in [0.25, 0.3) is 5.91 Å². The summed E-state index contributed by atoms with van der Waals surface area (Å²) in [6, 6.07) is 7.96. The Morgan fingerprint density at radius 2 is 2.00 bits per heavy atom. The number of methoxy groups -OCH3 is 1. The molecule has 0 aliphatic carbocycles. The van der Waals surface area contributed by atoms with E-state index in [0.29, 0.717) is 11.5 Å². The van der Waals surface area contributed by atoms with Crippen molar-refractivity contribution in [3.8, 4) is 17.0 Å². The number of aromatic nitrogens is 3. The van der Waals surface area contributed by atoms with Gasteiger partial charge in [0.1, 0.15) is 5.75 Å². The summed E-state index contributed by atoms with van der Waals surface area (Å²) in [6.45, 7) is 3.44. The zero-order valence-electron chi connectivity index (χ0n) is 16.4. The second-order valence-electron chi connectivity index (χ2n) is 7.11. The van der Waals surface area contributed by atoms with E-state index in [-0.39, 0.29) is 5.91 Å². The normalized spacial score (nSPS) is 15.0. The van der Waals surface area contributed by atoms with Crippen LogP contribution in [0.2, 0.25) is 0 Å². The van der Waals surface area contributed by atoms with E-state index >= 15 is 0 Å². The standard InChI is InChI=1S/C21H24N4O2S/c1-14-17(12-22-24(14)2)21(26)25-10-8-15(9-11-25)20-23-18(13-28-20)16-6-4-5-7-19(16)27-3/h4-7,12-13,15H,8-11H2,1-3H3. The van der Waals surface area contributed by atoms with Crippen molar-refractivity contribution >= 4 is 17.2 Å². The van der Waals surface area contributed by atoms with E-state index in [1.165, 1.54) is 0 Å². The molecule has 0 atom stereocenters. The minimum atomic E-state index is 0.0814. The van der Waals surface area contributed by atoms with Crippen molar-refractivity contribution in [2.24, 2.45) is 7.05 Å². The molecule has 1 aliphatic rings. The molecule has 0 spiro atoms. The van der Waals surface area contributed by atoms with E-state index in [4.69, 9.17) is 9.72 Å². The van der Waals surface area contributed by atoms with E-state index in [1.807, 2.05) is 43.1 Å². The van der Waals surface area contributed by atoms with E-state index in [9.17, 15) is 4.79 Å². The summed E-state index contributed by atoms with van der Waals surface area (Å²) in [5.41, 5.74) is 3.59. The van der Waals surface area contributed by atoms with E-state index in [2.05, 4.69) is 10.5 Å². The minimum absolute atomic E-state index is 0.0814. The van der Waals surface area contributed by atoms with Gasteiger partial charge in [0.2, 0.25) is 0 Å². The molecule has 0 bridgehead atoms. The van der Waals surface area contributed by atoms with E-state index in [1.54, 1.807) is 29.3 Å². The zero-order chi connectivity index (χ0) is 19.7. The summed E-state index contributed by atoms with van der Waals surface area (Å²) < 4.78 is 7.21. The van der Waals surface area contributed by atoms with Crippen LogP contribution in [0.5, 0.6) is 5.75 Å². The lowest BCUT2D eigenvalue weighted by Crippen LogP contribution is -2.38. The molecule has 1 fully saturated rings. The van der Waals surface area contributed by atoms with Crippen LogP contribution < -0.4 is 4.74 Å². The molecule has 1 amide bonds. The van der Waals surface area contributed by atoms with Gasteiger partial charge < -0.3 is 9.64 Å². The Labute approximate surface area is 168 Å². The second-order valence-corrected chi connectivity index (χ2v) is 7.99. The zero-order valence-corrected chi connectivity index (χ0v) is 17.2. The Balaban J connectivity index is 1.44. The minimum Gasteiger partial charge on any atom is -0.496 e. The molecule has 2 aromatic heterocycles. The van der Waals surface area contributed by atoms with Gasteiger partial charge in [-0.1, -0.05) is 12.1 Å². The number of thiazole rings is 1. The summed E-state index contributed by atoms with van der Waals surface area (Å²) in [5, 5.41) is 7.44. The van der Waals surface area contributed by atoms with Gasteiger partial charge in [-0.2, -0.15) is 5.10 Å². The number of para-hydroxylation sites is 1. The number of amides is 1. The molecule has 4 rings (SSSR count). The quantitative estimate of drug-likeness (QED) is 0.671. The molecule has 0 radical (unpaired) electrons. The third-order valence-corrected chi connectivity index (χ3v) is 6.51. The molecule has 146 valence electrons. The molecule has 7 heteroatoms. The molecule has 1 aliphatic heterocycles. The summed E-state index contributed by atoms with van der Waals surface area (Å²) in [7, 11) is 3.54. The third-order valence-electron chi connectivity index (χ3n) is 5.50. The Kier molecular flexibility index (Phi) is 5.17. The number of aryl methyl sites for hydroxylation is 1. The molecule has 1 saturated heterocycles. The van der Waals surface area contributed by atoms with Gasteiger partial charge >= 0.3 is 0 Å². The number of hydrogen-bond acceptors (Lipinski definition) is 5. The summed E-state index contributed by atoms with van der Waals surface area (Å²) in [4.78, 5) is 19.6. The molecule has 28 heavy (non-hydrogen) atoms. The number of benzene rings is 1. The number of nitrogens with zero attached hydrogens (tertiary/aromatic N) is 4. The van der Waals surface area contributed by atoms with Gasteiger partial charge in [-0.3, -0.25) is 9.48 Å². The van der Waals surface area contributed by atoms with Crippen LogP contribution in [-0.4, -0.2) is 45.8 Å². The smallest absolute Gasteiger partial charge is 0.257 e. The lowest BCUT2D eigenvalue weighted by atomic mass is 9.97. The maximum absolute atomic E-state index is 12.8. The van der Waals surface area contributed by atoms with Crippen molar-refractivity contribution in [2.75, 3.05) is 20.2 Å². The van der Waals surface area contributed by atoms with Crippen LogP contribution in [0, 0.1) is 6.92 Å². The molecule has 0 unspecified atom stereocenters. The van der Waals surface area contributed by atoms with E-state index in [0.717, 1.165) is 53.6 Å². The maximum Gasteiger partial charge on any atom is 0.257 e. The van der Waals surface area contributed by atoms with Crippen molar-refractivity contribution < 1.29 is 9.53 Å². The molecule has 6 nitrogen and oxygen atoms in total. The number of ether oxygens (including phenoxy) is 1. The number of likely N-dealkylation sites (tertiary alicyclic amines) is 1. The second kappa shape index (κ2) is 7.75. The van der Waals surface area contributed by atoms with E-state index < -0.39 is 0 Å². The highest BCUT2D eigenvalue weighted by atomic mass is 32.1. The van der Waals surface area contributed by atoms with Crippen LogP contribution in [0.25, 0.3) is 11.3 Å². The highest BCUT2D eigenvalue weighted by molar-refractivity contribution is 7.10. The lowest BCUT2D eigenvalue weighted by molar-refractivity contribution is 0.0712. The number of carbonyl (C=O) groups is 1. The molecule has 3 heterocycles. The summed E-state index contributed by atoms with van der Waals surface area (Å²) >= 11 is 1.70. The van der Waals surface area contributed by atoms with Crippen molar-refractivity contribution in [2.45, 2.75) is 25.7 Å². The predicted molar refractivity (Wildman–Crippen MR) is 110 cm³/mol. The first kappa shape index (κ1) is 18.7. The lowest BCUT2D eigenvalue weighted by Gasteiger charge is -2.31. The van der Waals surface area contributed by atoms with Crippen molar-refractivity contribution in [1.82, 2.24) is 19.7 Å². The van der Waals surface area contributed by atoms with Gasteiger partial charge in [0.15, 0.2) is 0 Å². The fraction of sp³-hybridized carbons (Fsp3) is 0.381. The van der Waals surface area contributed by atoms with Crippen LogP contribution in [0.1, 0.15) is 39.8 Å². The number of rotatable bonds is 4. The van der Waals surface area contributed by atoms with Crippen molar-refractivity contribution in [1.29, 1.82) is 0 Å². The van der Waals surface area contributed by atoms with Gasteiger partial charge in [-0.15, -0.1) is 11.3 Å². The highest BCUT2D eigenvalue weighted by Gasteiger charge is 2.28. The molecule has 3 aromatic rings. The van der Waals surface area contributed by atoms with Gasteiger partial charge in [-0.25, -0.2) is 4.98 Å².